The molecule has 8 heteroatoms. The van der Waals surface area contributed by atoms with Gasteiger partial charge in [-0.1, -0.05) is 18.2 Å². The van der Waals surface area contributed by atoms with E-state index in [2.05, 4.69) is 4.98 Å². The van der Waals surface area contributed by atoms with Crippen molar-refractivity contribution < 1.29 is 22.4 Å². The number of furan rings is 1. The molecule has 0 saturated heterocycles. The number of aromatic nitrogens is 1. The summed E-state index contributed by atoms with van der Waals surface area (Å²) in [5, 5.41) is 0.429. The number of pyridine rings is 1. The average molecular weight is 397 g/mol. The molecule has 4 aromatic rings. The van der Waals surface area contributed by atoms with Crippen LogP contribution in [0.15, 0.2) is 65.3 Å². The van der Waals surface area contributed by atoms with E-state index in [0.717, 1.165) is 29.6 Å². The van der Waals surface area contributed by atoms with E-state index >= 15 is 0 Å². The molecule has 0 aliphatic carbocycles. The Hall–Kier alpha value is -3.81. The number of nitrogens with zero attached hydrogens (tertiary/aromatic N) is 1. The van der Waals surface area contributed by atoms with Gasteiger partial charge in [-0.15, -0.1) is 0 Å². The lowest BCUT2D eigenvalue weighted by molar-refractivity contribution is -0.137. The molecule has 2 aromatic carbocycles. The van der Waals surface area contributed by atoms with Gasteiger partial charge in [-0.3, -0.25) is 9.78 Å². The summed E-state index contributed by atoms with van der Waals surface area (Å²) in [6.07, 6.45) is -2.88. The van der Waals surface area contributed by atoms with Crippen molar-refractivity contribution in [3.05, 3.63) is 77.8 Å². The molecule has 5 nitrogen and oxygen atoms in total. The summed E-state index contributed by atoms with van der Waals surface area (Å²) in [6.45, 7) is 0. The molecule has 0 aliphatic heterocycles. The summed E-state index contributed by atoms with van der Waals surface area (Å²) in [4.78, 5) is 16.4. The number of carbonyl (C=O) groups is 1. The number of halogens is 3. The first kappa shape index (κ1) is 18.5. The van der Waals surface area contributed by atoms with Crippen LogP contribution in [0.2, 0.25) is 0 Å². The molecule has 2 aromatic heterocycles. The van der Waals surface area contributed by atoms with Crippen LogP contribution >= 0.6 is 0 Å². The molecule has 29 heavy (non-hydrogen) atoms. The van der Waals surface area contributed by atoms with E-state index < -0.39 is 23.1 Å². The number of rotatable bonds is 3. The summed E-state index contributed by atoms with van der Waals surface area (Å²) in [6, 6.07) is 13.0. The Bertz CT molecular complexity index is 1250. The third-order valence-corrected chi connectivity index (χ3v) is 4.53. The van der Waals surface area contributed by atoms with Crippen LogP contribution in [0.3, 0.4) is 0 Å². The van der Waals surface area contributed by atoms with Gasteiger partial charge in [-0.25, -0.2) is 0 Å². The Kier molecular flexibility index (Phi) is 4.26. The molecule has 146 valence electrons. The number of hydrogen-bond donors (Lipinski definition) is 2. The number of carbonyl (C=O) groups excluding carboxylic acids is 1. The van der Waals surface area contributed by atoms with Crippen molar-refractivity contribution in [2.24, 2.45) is 0 Å². The van der Waals surface area contributed by atoms with Gasteiger partial charge in [0.25, 0.3) is 0 Å². The van der Waals surface area contributed by atoms with Crippen LogP contribution in [0.25, 0.3) is 22.1 Å². The van der Waals surface area contributed by atoms with Gasteiger partial charge in [0.1, 0.15) is 5.58 Å². The number of benzene rings is 2. The van der Waals surface area contributed by atoms with Crippen LogP contribution in [0.1, 0.15) is 21.7 Å². The lowest BCUT2D eigenvalue weighted by atomic mass is 10.0. The zero-order valence-electron chi connectivity index (χ0n) is 14.8. The van der Waals surface area contributed by atoms with E-state index in [1.54, 1.807) is 36.4 Å². The fraction of sp³-hybridized carbons (Fsp3) is 0.0476. The summed E-state index contributed by atoms with van der Waals surface area (Å²) < 4.78 is 45.3. The van der Waals surface area contributed by atoms with Gasteiger partial charge in [-0.05, 0) is 41.5 Å². The monoisotopic (exact) mass is 397 g/mol. The van der Waals surface area contributed by atoms with Crippen LogP contribution in [-0.4, -0.2) is 10.8 Å². The third-order valence-electron chi connectivity index (χ3n) is 4.53. The van der Waals surface area contributed by atoms with Crippen LogP contribution in [0.4, 0.5) is 24.5 Å². The van der Waals surface area contributed by atoms with Crippen molar-refractivity contribution in [1.29, 1.82) is 0 Å². The normalized spacial score (nSPS) is 11.7. The third kappa shape index (κ3) is 3.29. The molecule has 0 atom stereocenters. The highest BCUT2D eigenvalue weighted by Gasteiger charge is 2.36. The van der Waals surface area contributed by atoms with Gasteiger partial charge >= 0.3 is 6.18 Å². The van der Waals surface area contributed by atoms with E-state index in [4.69, 9.17) is 15.9 Å². The summed E-state index contributed by atoms with van der Waals surface area (Å²) >= 11 is 0. The number of ketones is 1. The minimum Gasteiger partial charge on any atom is -0.450 e. The topological polar surface area (TPSA) is 95.1 Å². The van der Waals surface area contributed by atoms with Gasteiger partial charge in [0.15, 0.2) is 5.76 Å². The first-order valence-corrected chi connectivity index (χ1v) is 8.49. The Morgan fingerprint density at radius 3 is 2.48 bits per heavy atom. The fourth-order valence-electron chi connectivity index (χ4n) is 3.13. The van der Waals surface area contributed by atoms with Gasteiger partial charge in [0.2, 0.25) is 5.78 Å². The molecule has 0 aliphatic rings. The van der Waals surface area contributed by atoms with Crippen LogP contribution in [0, 0.1) is 0 Å². The zero-order chi connectivity index (χ0) is 20.8. The van der Waals surface area contributed by atoms with Gasteiger partial charge in [0.05, 0.1) is 16.8 Å². The second-order valence-electron chi connectivity index (χ2n) is 6.43. The molecule has 0 spiro atoms. The number of nitrogens with two attached hydrogens (primary N) is 2. The maximum absolute atomic E-state index is 13.3. The Labute approximate surface area is 162 Å². The van der Waals surface area contributed by atoms with E-state index in [1.807, 2.05) is 6.07 Å². The first-order chi connectivity index (χ1) is 13.8. The standard InChI is InChI=1S/C21H14F3N3O2/c22-21(23,24)16-6-7-27-10-15(16)19(28)20-18(26)14-5-4-12(9-17(14)29-20)11-2-1-3-13(25)8-11/h1-10H,25-26H2. The van der Waals surface area contributed by atoms with Gasteiger partial charge in [0, 0.05) is 23.5 Å². The minimum atomic E-state index is -4.71. The fourth-order valence-corrected chi connectivity index (χ4v) is 3.13. The highest BCUT2D eigenvalue weighted by Crippen LogP contribution is 2.36. The lowest BCUT2D eigenvalue weighted by Gasteiger charge is -2.10. The largest absolute Gasteiger partial charge is 0.450 e. The molecule has 0 bridgehead atoms. The SMILES string of the molecule is Nc1cccc(-c2ccc3c(N)c(C(=O)c4cnccc4C(F)(F)F)oc3c2)c1. The van der Waals surface area contributed by atoms with Crippen LogP contribution in [0.5, 0.6) is 0 Å². The van der Waals surface area contributed by atoms with E-state index in [0.29, 0.717) is 11.1 Å². The van der Waals surface area contributed by atoms with Crippen LogP contribution < -0.4 is 11.5 Å². The smallest absolute Gasteiger partial charge is 0.417 e. The predicted octanol–water partition coefficient (Wildman–Crippen LogP) is 4.91. The van der Waals surface area contributed by atoms with E-state index in [1.165, 1.54) is 0 Å². The molecule has 4 N–H and O–H groups in total. The molecule has 2 heterocycles. The van der Waals surface area contributed by atoms with Crippen molar-refractivity contribution in [3.63, 3.8) is 0 Å². The second kappa shape index (κ2) is 6.66. The molecule has 0 fully saturated rings. The Balaban J connectivity index is 1.82. The minimum absolute atomic E-state index is 0.0268. The van der Waals surface area contributed by atoms with E-state index in [9.17, 15) is 18.0 Å². The zero-order valence-corrected chi connectivity index (χ0v) is 14.8. The van der Waals surface area contributed by atoms with Crippen molar-refractivity contribution in [2.75, 3.05) is 11.5 Å². The van der Waals surface area contributed by atoms with Crippen molar-refractivity contribution >= 4 is 28.1 Å². The Morgan fingerprint density at radius 1 is 1.00 bits per heavy atom. The molecule has 0 amide bonds. The molecular weight excluding hydrogens is 383 g/mol. The molecule has 0 radical (unpaired) electrons. The summed E-state index contributed by atoms with van der Waals surface area (Å²) in [5.74, 6) is -1.34. The van der Waals surface area contributed by atoms with E-state index in [-0.39, 0.29) is 17.0 Å². The predicted molar refractivity (Wildman–Crippen MR) is 103 cm³/mol. The molecule has 4 rings (SSSR count). The van der Waals surface area contributed by atoms with Gasteiger partial charge in [-0.2, -0.15) is 13.2 Å². The van der Waals surface area contributed by atoms with Crippen molar-refractivity contribution in [1.82, 2.24) is 4.98 Å². The molecule has 0 saturated carbocycles. The quantitative estimate of drug-likeness (QED) is 0.378. The maximum atomic E-state index is 13.3. The number of alkyl halides is 3. The highest BCUT2D eigenvalue weighted by atomic mass is 19.4. The maximum Gasteiger partial charge on any atom is 0.417 e. The second-order valence-corrected chi connectivity index (χ2v) is 6.43. The number of hydrogen-bond acceptors (Lipinski definition) is 5. The number of fused-ring (bicyclic) bond motifs is 1. The average Bonchev–Trinajstić information content (AvgIpc) is 3.03. The van der Waals surface area contributed by atoms with Crippen molar-refractivity contribution in [3.8, 4) is 11.1 Å². The summed E-state index contributed by atoms with van der Waals surface area (Å²) in [5.41, 5.74) is 12.5. The van der Waals surface area contributed by atoms with Crippen LogP contribution in [-0.2, 0) is 6.18 Å². The lowest BCUT2D eigenvalue weighted by Crippen LogP contribution is -2.14. The number of nitrogen functional groups attached to an aromatic ring is 2. The Morgan fingerprint density at radius 2 is 1.76 bits per heavy atom. The van der Waals surface area contributed by atoms with Gasteiger partial charge < -0.3 is 15.9 Å². The molecular formula is C21H14F3N3O2. The highest BCUT2D eigenvalue weighted by molar-refractivity contribution is 6.15. The van der Waals surface area contributed by atoms with Crippen molar-refractivity contribution in [2.45, 2.75) is 6.18 Å². The summed E-state index contributed by atoms with van der Waals surface area (Å²) in [7, 11) is 0. The molecule has 0 unspecified atom stereocenters. The first-order valence-electron chi connectivity index (χ1n) is 8.49. The number of anilines is 2.